The highest BCUT2D eigenvalue weighted by Crippen LogP contribution is 2.30. The molecule has 170 valence electrons. The van der Waals surface area contributed by atoms with Crippen LogP contribution in [0.3, 0.4) is 0 Å². The van der Waals surface area contributed by atoms with E-state index in [1.54, 1.807) is 9.80 Å². The minimum Gasteiger partial charge on any atom is -0.353 e. The second-order valence-corrected chi connectivity index (χ2v) is 8.14. The first-order valence-corrected chi connectivity index (χ1v) is 10.7. The van der Waals surface area contributed by atoms with Crippen LogP contribution in [-0.4, -0.2) is 54.4 Å². The first kappa shape index (κ1) is 22.1. The molecule has 1 atom stereocenters. The number of amides is 2. The monoisotopic (exact) mass is 446 g/mol. The summed E-state index contributed by atoms with van der Waals surface area (Å²) in [7, 11) is 0. The van der Waals surface area contributed by atoms with Crippen LogP contribution in [0.1, 0.15) is 24.5 Å². The molecule has 9 heteroatoms. The lowest BCUT2D eigenvalue weighted by molar-refractivity contribution is -0.138. The highest BCUT2D eigenvalue weighted by Gasteiger charge is 2.38. The van der Waals surface area contributed by atoms with Gasteiger partial charge in [0.1, 0.15) is 5.82 Å². The summed E-state index contributed by atoms with van der Waals surface area (Å²) >= 11 is 0. The molecule has 2 aromatic rings. The molecular weight excluding hydrogens is 421 g/mol. The second kappa shape index (κ2) is 8.80. The maximum atomic E-state index is 13.0. The zero-order valence-electron chi connectivity index (χ0n) is 17.8. The van der Waals surface area contributed by atoms with E-state index in [9.17, 15) is 22.8 Å². The molecule has 0 N–H and O–H groups in total. The topological polar surface area (TPSA) is 56.8 Å². The van der Waals surface area contributed by atoms with E-state index >= 15 is 0 Å². The van der Waals surface area contributed by atoms with E-state index in [1.807, 2.05) is 29.2 Å². The Morgan fingerprint density at radius 1 is 1.12 bits per heavy atom. The van der Waals surface area contributed by atoms with Crippen molar-refractivity contribution in [2.45, 2.75) is 25.9 Å². The largest absolute Gasteiger partial charge is 0.417 e. The van der Waals surface area contributed by atoms with Gasteiger partial charge in [0.2, 0.25) is 11.8 Å². The summed E-state index contributed by atoms with van der Waals surface area (Å²) in [6.45, 7) is 4.26. The molecule has 2 fully saturated rings. The minimum absolute atomic E-state index is 0.0486. The van der Waals surface area contributed by atoms with Gasteiger partial charge in [-0.1, -0.05) is 19.1 Å². The standard InChI is InChI=1S/C23H25F3N4O2/c1-2-16-4-3-5-19(12-16)30-15-17(13-21(30)31)22(32)29-10-8-28(9-11-29)20-7-6-18(14-27-20)23(24,25)26/h3-7,12,14,17H,2,8-11,13,15H2,1H3/t17-/m1/s1. The number of carbonyl (C=O) groups excluding carboxylic acids is 2. The van der Waals surface area contributed by atoms with Crippen LogP contribution in [-0.2, 0) is 22.2 Å². The first-order chi connectivity index (χ1) is 15.3. The minimum atomic E-state index is -4.42. The molecule has 2 amide bonds. The molecule has 0 radical (unpaired) electrons. The summed E-state index contributed by atoms with van der Waals surface area (Å²) in [6, 6.07) is 10.2. The number of halogens is 3. The Labute approximate surface area is 184 Å². The molecule has 4 rings (SSSR count). The van der Waals surface area contributed by atoms with E-state index < -0.39 is 11.7 Å². The lowest BCUT2D eigenvalue weighted by Gasteiger charge is -2.36. The fourth-order valence-electron chi connectivity index (χ4n) is 4.22. The van der Waals surface area contributed by atoms with Gasteiger partial charge in [-0.3, -0.25) is 9.59 Å². The third-order valence-electron chi connectivity index (χ3n) is 6.10. The van der Waals surface area contributed by atoms with Gasteiger partial charge < -0.3 is 14.7 Å². The number of hydrogen-bond donors (Lipinski definition) is 0. The van der Waals surface area contributed by atoms with Crippen molar-refractivity contribution in [3.63, 3.8) is 0 Å². The second-order valence-electron chi connectivity index (χ2n) is 8.14. The van der Waals surface area contributed by atoms with Crippen molar-refractivity contribution in [3.05, 3.63) is 53.7 Å². The molecule has 0 bridgehead atoms. The van der Waals surface area contributed by atoms with E-state index in [0.29, 0.717) is 38.5 Å². The predicted molar refractivity (Wildman–Crippen MR) is 114 cm³/mol. The number of pyridine rings is 1. The summed E-state index contributed by atoms with van der Waals surface area (Å²) in [5.74, 6) is -0.0247. The van der Waals surface area contributed by atoms with Gasteiger partial charge >= 0.3 is 6.18 Å². The van der Waals surface area contributed by atoms with Crippen molar-refractivity contribution in [1.82, 2.24) is 9.88 Å². The molecule has 2 aliphatic heterocycles. The zero-order valence-corrected chi connectivity index (χ0v) is 17.8. The maximum Gasteiger partial charge on any atom is 0.417 e. The molecule has 1 aromatic heterocycles. The summed E-state index contributed by atoms with van der Waals surface area (Å²) in [5, 5.41) is 0. The fourth-order valence-corrected chi connectivity index (χ4v) is 4.22. The smallest absolute Gasteiger partial charge is 0.353 e. The van der Waals surface area contributed by atoms with Gasteiger partial charge in [-0.25, -0.2) is 4.98 Å². The van der Waals surface area contributed by atoms with Crippen LogP contribution in [0.5, 0.6) is 0 Å². The van der Waals surface area contributed by atoms with Crippen LogP contribution < -0.4 is 9.80 Å². The Morgan fingerprint density at radius 2 is 1.88 bits per heavy atom. The summed E-state index contributed by atoms with van der Waals surface area (Å²) in [4.78, 5) is 34.8. The SMILES string of the molecule is CCc1cccc(N2C[C@H](C(=O)N3CCN(c4ccc(C(F)(F)F)cn4)CC3)CC2=O)c1. The number of aryl methyl sites for hydroxylation is 1. The van der Waals surface area contributed by atoms with Gasteiger partial charge in [-0.05, 0) is 36.2 Å². The van der Waals surface area contributed by atoms with Gasteiger partial charge in [0, 0.05) is 51.0 Å². The van der Waals surface area contributed by atoms with Crippen molar-refractivity contribution in [2.24, 2.45) is 5.92 Å². The van der Waals surface area contributed by atoms with Gasteiger partial charge in [0.05, 0.1) is 11.5 Å². The van der Waals surface area contributed by atoms with E-state index in [1.165, 1.54) is 6.07 Å². The zero-order chi connectivity index (χ0) is 22.9. The first-order valence-electron chi connectivity index (χ1n) is 10.7. The molecule has 6 nitrogen and oxygen atoms in total. The van der Waals surface area contributed by atoms with Crippen LogP contribution >= 0.6 is 0 Å². The van der Waals surface area contributed by atoms with Crippen LogP contribution in [0, 0.1) is 5.92 Å². The lowest BCUT2D eigenvalue weighted by atomic mass is 10.1. The van der Waals surface area contributed by atoms with Crippen LogP contribution in [0.4, 0.5) is 24.7 Å². The number of aromatic nitrogens is 1. The Kier molecular flexibility index (Phi) is 6.08. The van der Waals surface area contributed by atoms with Crippen molar-refractivity contribution in [3.8, 4) is 0 Å². The van der Waals surface area contributed by atoms with Gasteiger partial charge in [0.25, 0.3) is 0 Å². The lowest BCUT2D eigenvalue weighted by Crippen LogP contribution is -2.51. The number of anilines is 2. The molecule has 2 saturated heterocycles. The van der Waals surface area contributed by atoms with Crippen molar-refractivity contribution in [2.75, 3.05) is 42.5 Å². The number of piperazine rings is 1. The van der Waals surface area contributed by atoms with Gasteiger partial charge in [-0.15, -0.1) is 0 Å². The average molecular weight is 446 g/mol. The van der Waals surface area contributed by atoms with Gasteiger partial charge in [0.15, 0.2) is 0 Å². The molecule has 2 aliphatic rings. The van der Waals surface area contributed by atoms with Crippen molar-refractivity contribution in [1.29, 1.82) is 0 Å². The molecule has 32 heavy (non-hydrogen) atoms. The maximum absolute atomic E-state index is 13.0. The Balaban J connectivity index is 1.35. The number of nitrogens with zero attached hydrogens (tertiary/aromatic N) is 4. The molecule has 0 unspecified atom stereocenters. The normalized spacial score (nSPS) is 19.6. The summed E-state index contributed by atoms with van der Waals surface area (Å²) < 4.78 is 38.2. The van der Waals surface area contributed by atoms with E-state index in [-0.39, 0.29) is 24.2 Å². The van der Waals surface area contributed by atoms with Crippen molar-refractivity contribution < 1.29 is 22.8 Å². The number of benzene rings is 1. The molecular formula is C23H25F3N4O2. The fraction of sp³-hybridized carbons (Fsp3) is 0.435. The number of rotatable bonds is 4. The van der Waals surface area contributed by atoms with Gasteiger partial charge in [-0.2, -0.15) is 13.2 Å². The van der Waals surface area contributed by atoms with E-state index in [4.69, 9.17) is 0 Å². The Hall–Kier alpha value is -3.10. The number of carbonyl (C=O) groups is 2. The molecule has 0 spiro atoms. The van der Waals surface area contributed by atoms with E-state index in [2.05, 4.69) is 11.9 Å². The Bertz CT molecular complexity index is 985. The molecule has 3 heterocycles. The van der Waals surface area contributed by atoms with Crippen LogP contribution in [0.2, 0.25) is 0 Å². The summed E-state index contributed by atoms with van der Waals surface area (Å²) in [6.07, 6.45) is -2.52. The molecule has 1 aromatic carbocycles. The number of alkyl halides is 3. The quantitative estimate of drug-likeness (QED) is 0.723. The third kappa shape index (κ3) is 4.56. The molecule has 0 saturated carbocycles. The molecule has 0 aliphatic carbocycles. The predicted octanol–water partition coefficient (Wildman–Crippen LogP) is 3.36. The van der Waals surface area contributed by atoms with Crippen LogP contribution in [0.25, 0.3) is 0 Å². The average Bonchev–Trinajstić information content (AvgIpc) is 3.20. The summed E-state index contributed by atoms with van der Waals surface area (Å²) in [5.41, 5.74) is 1.18. The highest BCUT2D eigenvalue weighted by molar-refractivity contribution is 6.00. The van der Waals surface area contributed by atoms with E-state index in [0.717, 1.165) is 29.9 Å². The number of hydrogen-bond acceptors (Lipinski definition) is 4. The van der Waals surface area contributed by atoms with Crippen molar-refractivity contribution >= 4 is 23.3 Å². The third-order valence-corrected chi connectivity index (χ3v) is 6.10. The Morgan fingerprint density at radius 3 is 2.50 bits per heavy atom. The highest BCUT2D eigenvalue weighted by atomic mass is 19.4. The van der Waals surface area contributed by atoms with Crippen LogP contribution in [0.15, 0.2) is 42.6 Å².